The second kappa shape index (κ2) is 9.22. The zero-order valence-electron chi connectivity index (χ0n) is 18.1. The van der Waals surface area contributed by atoms with Crippen LogP contribution in [0.25, 0.3) is 10.9 Å². The number of carbonyl (C=O) groups is 1. The van der Waals surface area contributed by atoms with E-state index in [1.165, 1.54) is 0 Å². The van der Waals surface area contributed by atoms with Crippen LogP contribution < -0.4 is 14.2 Å². The predicted octanol–water partition coefficient (Wildman–Crippen LogP) is 3.22. The summed E-state index contributed by atoms with van der Waals surface area (Å²) < 4.78 is 16.3. The number of rotatable bonds is 6. The van der Waals surface area contributed by atoms with Crippen LogP contribution in [-0.2, 0) is 6.54 Å². The molecule has 2 heterocycles. The summed E-state index contributed by atoms with van der Waals surface area (Å²) in [5.41, 5.74) is 2.41. The molecule has 2 aromatic carbocycles. The Morgan fingerprint density at radius 1 is 0.903 bits per heavy atom. The lowest BCUT2D eigenvalue weighted by Gasteiger charge is -2.34. The van der Waals surface area contributed by atoms with Crippen molar-refractivity contribution in [3.05, 3.63) is 59.8 Å². The van der Waals surface area contributed by atoms with Gasteiger partial charge in [0.05, 0.1) is 26.8 Å². The molecule has 0 bridgehead atoms. The number of benzene rings is 2. The van der Waals surface area contributed by atoms with Crippen LogP contribution in [0.1, 0.15) is 16.1 Å². The number of piperazine rings is 1. The average molecular weight is 421 g/mol. The van der Waals surface area contributed by atoms with Gasteiger partial charge in [-0.25, -0.2) is 4.98 Å². The molecule has 0 atom stereocenters. The van der Waals surface area contributed by atoms with E-state index in [-0.39, 0.29) is 5.91 Å². The normalized spacial score (nSPS) is 14.5. The second-order valence-electron chi connectivity index (χ2n) is 7.49. The lowest BCUT2D eigenvalue weighted by atomic mass is 10.1. The Morgan fingerprint density at radius 2 is 1.58 bits per heavy atom. The first-order valence-corrected chi connectivity index (χ1v) is 10.3. The number of nitrogens with zero attached hydrogens (tertiary/aromatic N) is 3. The Kier molecular flexibility index (Phi) is 6.23. The van der Waals surface area contributed by atoms with E-state index in [1.54, 1.807) is 21.3 Å². The summed E-state index contributed by atoms with van der Waals surface area (Å²) in [6.07, 6.45) is 0. The van der Waals surface area contributed by atoms with Crippen molar-refractivity contribution in [3.8, 4) is 17.2 Å². The second-order valence-corrected chi connectivity index (χ2v) is 7.49. The number of fused-ring (bicyclic) bond motifs is 1. The maximum Gasteiger partial charge on any atom is 0.272 e. The first-order valence-electron chi connectivity index (χ1n) is 10.3. The molecule has 1 saturated heterocycles. The van der Waals surface area contributed by atoms with Gasteiger partial charge >= 0.3 is 0 Å². The third-order valence-corrected chi connectivity index (χ3v) is 5.61. The molecule has 0 aliphatic carbocycles. The van der Waals surface area contributed by atoms with E-state index in [4.69, 9.17) is 14.2 Å². The summed E-state index contributed by atoms with van der Waals surface area (Å²) in [6, 6.07) is 15.5. The van der Waals surface area contributed by atoms with Gasteiger partial charge in [-0.3, -0.25) is 9.69 Å². The van der Waals surface area contributed by atoms with Gasteiger partial charge < -0.3 is 19.1 Å². The molecule has 0 N–H and O–H groups in total. The highest BCUT2D eigenvalue weighted by Crippen LogP contribution is 2.38. The fourth-order valence-electron chi connectivity index (χ4n) is 3.94. The van der Waals surface area contributed by atoms with Crippen molar-refractivity contribution in [2.75, 3.05) is 47.5 Å². The summed E-state index contributed by atoms with van der Waals surface area (Å²) in [7, 11) is 4.83. The van der Waals surface area contributed by atoms with E-state index < -0.39 is 0 Å². The van der Waals surface area contributed by atoms with Crippen LogP contribution in [0.5, 0.6) is 17.2 Å². The molecule has 1 aliphatic rings. The molecule has 4 rings (SSSR count). The number of carbonyl (C=O) groups excluding carboxylic acids is 1. The Hall–Kier alpha value is -3.32. The Labute approximate surface area is 182 Å². The highest BCUT2D eigenvalue weighted by Gasteiger charge is 2.24. The van der Waals surface area contributed by atoms with E-state index in [0.717, 1.165) is 36.1 Å². The summed E-state index contributed by atoms with van der Waals surface area (Å²) >= 11 is 0. The van der Waals surface area contributed by atoms with Gasteiger partial charge in [0.15, 0.2) is 11.5 Å². The highest BCUT2D eigenvalue weighted by molar-refractivity contribution is 5.95. The average Bonchev–Trinajstić information content (AvgIpc) is 2.83. The van der Waals surface area contributed by atoms with Crippen molar-refractivity contribution in [3.63, 3.8) is 0 Å². The molecule has 0 spiro atoms. The van der Waals surface area contributed by atoms with Crippen LogP contribution in [0.2, 0.25) is 0 Å². The smallest absolute Gasteiger partial charge is 0.272 e. The minimum atomic E-state index is -0.0156. The number of hydrogen-bond donors (Lipinski definition) is 0. The first-order chi connectivity index (χ1) is 15.1. The number of pyridine rings is 1. The molecule has 0 unspecified atom stereocenters. The van der Waals surface area contributed by atoms with Crippen molar-refractivity contribution < 1.29 is 19.0 Å². The van der Waals surface area contributed by atoms with Crippen molar-refractivity contribution in [1.82, 2.24) is 14.8 Å². The summed E-state index contributed by atoms with van der Waals surface area (Å²) in [5, 5.41) is 1.04. The van der Waals surface area contributed by atoms with E-state index in [1.807, 2.05) is 53.4 Å². The van der Waals surface area contributed by atoms with Gasteiger partial charge in [-0.05, 0) is 29.8 Å². The lowest BCUT2D eigenvalue weighted by Crippen LogP contribution is -2.48. The number of methoxy groups -OCH3 is 3. The highest BCUT2D eigenvalue weighted by atomic mass is 16.5. The van der Waals surface area contributed by atoms with Gasteiger partial charge in [0.25, 0.3) is 5.91 Å². The Bertz CT molecular complexity index is 1050. The monoisotopic (exact) mass is 421 g/mol. The van der Waals surface area contributed by atoms with Crippen molar-refractivity contribution in [2.45, 2.75) is 6.54 Å². The number of ether oxygens (including phenoxy) is 3. The molecule has 7 heteroatoms. The summed E-state index contributed by atoms with van der Waals surface area (Å²) in [4.78, 5) is 21.7. The zero-order valence-corrected chi connectivity index (χ0v) is 18.1. The molecule has 1 fully saturated rings. The standard InChI is InChI=1S/C24H27N3O4/c1-29-21-14-17(15-22(30-2)23(21)31-3)16-26-10-12-27(13-11-26)24(28)20-9-8-18-6-4-5-7-19(18)25-20/h4-9,14-15H,10-13,16H2,1-3H3. The maximum absolute atomic E-state index is 12.9. The van der Waals surface area contributed by atoms with E-state index in [0.29, 0.717) is 36.0 Å². The van der Waals surface area contributed by atoms with Crippen molar-refractivity contribution >= 4 is 16.8 Å². The van der Waals surface area contributed by atoms with Gasteiger partial charge in [-0.1, -0.05) is 24.3 Å². The van der Waals surface area contributed by atoms with Crippen molar-refractivity contribution in [1.29, 1.82) is 0 Å². The summed E-state index contributed by atoms with van der Waals surface area (Å²) in [5.74, 6) is 1.87. The van der Waals surface area contributed by atoms with Crippen LogP contribution in [0.4, 0.5) is 0 Å². The van der Waals surface area contributed by atoms with E-state index in [2.05, 4.69) is 9.88 Å². The predicted molar refractivity (Wildman–Crippen MR) is 119 cm³/mol. The topological polar surface area (TPSA) is 64.1 Å². The molecule has 1 aliphatic heterocycles. The lowest BCUT2D eigenvalue weighted by molar-refractivity contribution is 0.0623. The quantitative estimate of drug-likeness (QED) is 0.609. The maximum atomic E-state index is 12.9. The summed E-state index contributed by atoms with van der Waals surface area (Å²) in [6.45, 7) is 3.65. The van der Waals surface area contributed by atoms with Crippen LogP contribution in [0.15, 0.2) is 48.5 Å². The number of amides is 1. The molecule has 0 radical (unpaired) electrons. The van der Waals surface area contributed by atoms with Crippen LogP contribution in [0.3, 0.4) is 0 Å². The zero-order chi connectivity index (χ0) is 21.8. The SMILES string of the molecule is COc1cc(CN2CCN(C(=O)c3ccc4ccccc4n3)CC2)cc(OC)c1OC. The Balaban J connectivity index is 1.41. The van der Waals surface area contributed by atoms with Gasteiger partial charge in [0, 0.05) is 38.1 Å². The molecular formula is C24H27N3O4. The van der Waals surface area contributed by atoms with Gasteiger partial charge in [0.2, 0.25) is 5.75 Å². The van der Waals surface area contributed by atoms with Crippen LogP contribution in [-0.4, -0.2) is 68.2 Å². The number of para-hydroxylation sites is 1. The minimum absolute atomic E-state index is 0.0156. The molecule has 7 nitrogen and oxygen atoms in total. The van der Waals surface area contributed by atoms with Crippen molar-refractivity contribution in [2.24, 2.45) is 0 Å². The van der Waals surface area contributed by atoms with Gasteiger partial charge in [-0.15, -0.1) is 0 Å². The number of aromatic nitrogens is 1. The van der Waals surface area contributed by atoms with Gasteiger partial charge in [-0.2, -0.15) is 0 Å². The van der Waals surface area contributed by atoms with Gasteiger partial charge in [0.1, 0.15) is 5.69 Å². The van der Waals surface area contributed by atoms with Crippen LogP contribution >= 0.6 is 0 Å². The third kappa shape index (κ3) is 4.41. The molecule has 1 amide bonds. The minimum Gasteiger partial charge on any atom is -0.493 e. The molecule has 0 saturated carbocycles. The molecular weight excluding hydrogens is 394 g/mol. The Morgan fingerprint density at radius 3 is 2.23 bits per heavy atom. The van der Waals surface area contributed by atoms with E-state index in [9.17, 15) is 4.79 Å². The van der Waals surface area contributed by atoms with E-state index >= 15 is 0 Å². The third-order valence-electron chi connectivity index (χ3n) is 5.61. The molecule has 31 heavy (non-hydrogen) atoms. The largest absolute Gasteiger partial charge is 0.493 e. The first kappa shape index (κ1) is 20.9. The fraction of sp³-hybridized carbons (Fsp3) is 0.333. The molecule has 1 aromatic heterocycles. The molecule has 3 aromatic rings. The number of hydrogen-bond acceptors (Lipinski definition) is 6. The fourth-order valence-corrected chi connectivity index (χ4v) is 3.94. The van der Waals surface area contributed by atoms with Crippen LogP contribution in [0, 0.1) is 0 Å². The molecule has 162 valence electrons.